The van der Waals surface area contributed by atoms with Crippen LogP contribution < -0.4 is 4.74 Å². The van der Waals surface area contributed by atoms with Gasteiger partial charge in [0.2, 0.25) is 0 Å². The summed E-state index contributed by atoms with van der Waals surface area (Å²) in [5, 5.41) is 1.05. The summed E-state index contributed by atoms with van der Waals surface area (Å²) in [5.41, 5.74) is 1.11. The van der Waals surface area contributed by atoms with Gasteiger partial charge in [0.1, 0.15) is 29.2 Å². The summed E-state index contributed by atoms with van der Waals surface area (Å²) in [4.78, 5) is 7.65. The number of rotatable bonds is 7. The third kappa shape index (κ3) is 4.76. The first-order valence-electron chi connectivity index (χ1n) is 13.5. The lowest BCUT2D eigenvalue weighted by Crippen LogP contribution is -2.54. The molecule has 2 fully saturated rings. The third-order valence-corrected chi connectivity index (χ3v) is 8.40. The number of ether oxygens (including phenoxy) is 1. The number of para-hydroxylation sites is 1. The monoisotopic (exact) mass is 511 g/mol. The molecule has 7 heteroatoms. The molecule has 3 aliphatic rings. The van der Waals surface area contributed by atoms with Crippen molar-refractivity contribution in [2.45, 2.75) is 64.4 Å². The molecule has 0 spiro atoms. The molecule has 0 unspecified atom stereocenters. The highest BCUT2D eigenvalue weighted by Gasteiger charge is 2.42. The summed E-state index contributed by atoms with van der Waals surface area (Å²) < 4.78 is 52.5. The molecule has 2 aliphatic heterocycles. The standard InChI is InChI=1S/C30H36F3N3O/c1-17-9-19(17)13-35-14-21(15-35)37-20-11-24(31)27(25(32)12-20)29-28-23(22-7-5-6-8-26(22)34-28)10-18(2)36(29)16-30(3,4)33/h5-8,11-12,17-19,21,29,34H,9-10,13-16H2,1-4H3/t17-,18+,19-,29+/m0/s1. The van der Waals surface area contributed by atoms with Gasteiger partial charge in [0.25, 0.3) is 0 Å². The fourth-order valence-corrected chi connectivity index (χ4v) is 6.31. The van der Waals surface area contributed by atoms with Gasteiger partial charge in [-0.15, -0.1) is 0 Å². The molecular weight excluding hydrogens is 475 g/mol. The summed E-state index contributed by atoms with van der Waals surface area (Å²) in [5.74, 6) is 0.464. The minimum atomic E-state index is -1.53. The number of aromatic amines is 1. The number of halogens is 3. The molecular formula is C30H36F3N3O. The Kier molecular flexibility index (Phi) is 6.07. The van der Waals surface area contributed by atoms with Gasteiger partial charge in [-0.2, -0.15) is 0 Å². The Bertz CT molecular complexity index is 1290. The number of fused-ring (bicyclic) bond motifs is 3. The molecule has 198 valence electrons. The average molecular weight is 512 g/mol. The highest BCUT2D eigenvalue weighted by Crippen LogP contribution is 2.44. The minimum Gasteiger partial charge on any atom is -0.488 e. The number of nitrogens with one attached hydrogen (secondary N) is 1. The van der Waals surface area contributed by atoms with Crippen molar-refractivity contribution >= 4 is 10.9 Å². The molecule has 0 amide bonds. The predicted molar refractivity (Wildman–Crippen MR) is 140 cm³/mol. The van der Waals surface area contributed by atoms with Gasteiger partial charge in [0.15, 0.2) is 0 Å². The van der Waals surface area contributed by atoms with Crippen molar-refractivity contribution in [1.82, 2.24) is 14.8 Å². The zero-order valence-corrected chi connectivity index (χ0v) is 22.0. The normalized spacial score (nSPS) is 26.8. The molecule has 6 rings (SSSR count). The van der Waals surface area contributed by atoms with Gasteiger partial charge in [-0.3, -0.25) is 9.80 Å². The van der Waals surface area contributed by atoms with Crippen LogP contribution in [0.4, 0.5) is 13.2 Å². The number of benzene rings is 2. The van der Waals surface area contributed by atoms with E-state index < -0.39 is 23.3 Å². The highest BCUT2D eigenvalue weighted by atomic mass is 19.1. The number of H-pyrrole nitrogens is 1. The summed E-state index contributed by atoms with van der Waals surface area (Å²) in [6, 6.07) is 9.62. The molecule has 3 heterocycles. The van der Waals surface area contributed by atoms with Gasteiger partial charge in [-0.25, -0.2) is 13.2 Å². The summed E-state index contributed by atoms with van der Waals surface area (Å²) in [6.45, 7) is 9.99. The molecule has 1 aromatic heterocycles. The quantitative estimate of drug-likeness (QED) is 0.407. The molecule has 1 saturated heterocycles. The molecule has 37 heavy (non-hydrogen) atoms. The topological polar surface area (TPSA) is 31.5 Å². The van der Waals surface area contributed by atoms with E-state index in [9.17, 15) is 4.39 Å². The van der Waals surface area contributed by atoms with Gasteiger partial charge >= 0.3 is 0 Å². The van der Waals surface area contributed by atoms with Crippen LogP contribution in [0.25, 0.3) is 10.9 Å². The van der Waals surface area contributed by atoms with E-state index >= 15 is 8.78 Å². The van der Waals surface area contributed by atoms with E-state index in [1.807, 2.05) is 36.1 Å². The summed E-state index contributed by atoms with van der Waals surface area (Å²) in [7, 11) is 0. The predicted octanol–water partition coefficient (Wildman–Crippen LogP) is 6.25. The van der Waals surface area contributed by atoms with Crippen LogP contribution >= 0.6 is 0 Å². The molecule has 0 radical (unpaired) electrons. The van der Waals surface area contributed by atoms with E-state index in [-0.39, 0.29) is 30.0 Å². The second-order valence-electron chi connectivity index (χ2n) is 12.1. The Hall–Kier alpha value is -2.51. The molecule has 2 aromatic carbocycles. The van der Waals surface area contributed by atoms with Crippen molar-refractivity contribution in [2.24, 2.45) is 11.8 Å². The number of nitrogens with zero attached hydrogens (tertiary/aromatic N) is 2. The van der Waals surface area contributed by atoms with Crippen LogP contribution in [0.15, 0.2) is 36.4 Å². The van der Waals surface area contributed by atoms with E-state index in [0.717, 1.165) is 53.6 Å². The first kappa shape index (κ1) is 24.8. The van der Waals surface area contributed by atoms with Crippen molar-refractivity contribution in [3.8, 4) is 5.75 Å². The maximum Gasteiger partial charge on any atom is 0.135 e. The number of aromatic nitrogens is 1. The zero-order chi connectivity index (χ0) is 26.1. The number of alkyl halides is 1. The van der Waals surface area contributed by atoms with Crippen molar-refractivity contribution < 1.29 is 17.9 Å². The largest absolute Gasteiger partial charge is 0.488 e. The number of hydrogen-bond acceptors (Lipinski definition) is 3. The fourth-order valence-electron chi connectivity index (χ4n) is 6.31. The van der Waals surface area contributed by atoms with Crippen molar-refractivity contribution in [2.75, 3.05) is 26.2 Å². The number of hydrogen-bond donors (Lipinski definition) is 1. The van der Waals surface area contributed by atoms with E-state index in [1.165, 1.54) is 32.4 Å². The van der Waals surface area contributed by atoms with Crippen molar-refractivity contribution in [3.63, 3.8) is 0 Å². The second-order valence-corrected chi connectivity index (χ2v) is 12.1. The molecule has 0 bridgehead atoms. The Morgan fingerprint density at radius 2 is 1.76 bits per heavy atom. The van der Waals surface area contributed by atoms with E-state index in [1.54, 1.807) is 0 Å². The van der Waals surface area contributed by atoms with Crippen LogP contribution in [0, 0.1) is 23.5 Å². The van der Waals surface area contributed by atoms with Crippen LogP contribution in [0.3, 0.4) is 0 Å². The van der Waals surface area contributed by atoms with Crippen LogP contribution in [0.2, 0.25) is 0 Å². The Labute approximate surface area is 216 Å². The van der Waals surface area contributed by atoms with E-state index in [0.29, 0.717) is 6.42 Å². The lowest BCUT2D eigenvalue weighted by molar-refractivity contribution is 0.0159. The van der Waals surface area contributed by atoms with Gasteiger partial charge in [-0.1, -0.05) is 25.1 Å². The molecule has 3 aromatic rings. The molecule has 1 saturated carbocycles. The van der Waals surface area contributed by atoms with Gasteiger partial charge < -0.3 is 9.72 Å². The molecule has 4 atom stereocenters. The van der Waals surface area contributed by atoms with Crippen LogP contribution in [-0.2, 0) is 6.42 Å². The minimum absolute atomic E-state index is 0.0578. The molecule has 1 N–H and O–H groups in total. The van der Waals surface area contributed by atoms with E-state index in [4.69, 9.17) is 4.74 Å². The van der Waals surface area contributed by atoms with Crippen LogP contribution in [0.5, 0.6) is 5.75 Å². The van der Waals surface area contributed by atoms with Gasteiger partial charge in [-0.05, 0) is 57.1 Å². The number of likely N-dealkylation sites (tertiary alicyclic amines) is 1. The summed E-state index contributed by atoms with van der Waals surface area (Å²) in [6.07, 6.45) is 1.90. The highest BCUT2D eigenvalue weighted by molar-refractivity contribution is 5.85. The Balaban J connectivity index is 1.31. The van der Waals surface area contributed by atoms with Crippen molar-refractivity contribution in [3.05, 3.63) is 64.9 Å². The lowest BCUT2D eigenvalue weighted by atomic mass is 9.87. The van der Waals surface area contributed by atoms with Crippen molar-refractivity contribution in [1.29, 1.82) is 0 Å². The summed E-state index contributed by atoms with van der Waals surface area (Å²) >= 11 is 0. The Morgan fingerprint density at radius 1 is 1.08 bits per heavy atom. The van der Waals surface area contributed by atoms with Gasteiger partial charge in [0.05, 0.1) is 6.04 Å². The molecule has 1 aliphatic carbocycles. The fraction of sp³-hybridized carbons (Fsp3) is 0.533. The van der Waals surface area contributed by atoms with E-state index in [2.05, 4.69) is 16.8 Å². The zero-order valence-electron chi connectivity index (χ0n) is 22.0. The SMILES string of the molecule is C[C@@H]1Cc2c([nH]c3ccccc23)[C@@H](c2c(F)cc(OC3CN(C[C@@H]4C[C@@H]4C)C3)cc2F)N1CC(C)(C)F. The van der Waals surface area contributed by atoms with Gasteiger partial charge in [0, 0.05) is 66.5 Å². The van der Waals surface area contributed by atoms with Crippen LogP contribution in [0.1, 0.15) is 57.0 Å². The molecule has 4 nitrogen and oxygen atoms in total. The maximum absolute atomic E-state index is 15.8. The first-order valence-corrected chi connectivity index (χ1v) is 13.5. The maximum atomic E-state index is 15.8. The second kappa shape index (κ2) is 9.05. The smallest absolute Gasteiger partial charge is 0.135 e. The average Bonchev–Trinajstić information content (AvgIpc) is 3.36. The Morgan fingerprint density at radius 3 is 2.41 bits per heavy atom. The van der Waals surface area contributed by atoms with Crippen LogP contribution in [-0.4, -0.2) is 58.8 Å². The first-order chi connectivity index (χ1) is 17.6. The lowest BCUT2D eigenvalue weighted by Gasteiger charge is -2.43. The third-order valence-electron chi connectivity index (χ3n) is 8.40.